The van der Waals surface area contributed by atoms with Crippen molar-refractivity contribution in [2.24, 2.45) is 17.1 Å². The minimum Gasteiger partial charge on any atom is -0.327 e. The van der Waals surface area contributed by atoms with E-state index in [4.69, 9.17) is 5.73 Å². The van der Waals surface area contributed by atoms with Crippen LogP contribution in [0.1, 0.15) is 53.9 Å². The fraction of sp³-hybridized carbons (Fsp3) is 0.846. The zero-order valence-electron chi connectivity index (χ0n) is 10.6. The minimum absolute atomic E-state index is 0.289. The van der Waals surface area contributed by atoms with E-state index in [2.05, 4.69) is 41.2 Å². The zero-order chi connectivity index (χ0) is 11.4. The summed E-state index contributed by atoms with van der Waals surface area (Å²) in [5, 5.41) is 0. The second-order valence-corrected chi connectivity index (χ2v) is 5.57. The number of nitrogens with two attached hydrogens (primary N) is 1. The first-order valence-corrected chi connectivity index (χ1v) is 5.69. The lowest BCUT2D eigenvalue weighted by Gasteiger charge is -2.29. The van der Waals surface area contributed by atoms with Gasteiger partial charge in [-0.25, -0.2) is 0 Å². The first-order chi connectivity index (χ1) is 6.27. The molecule has 0 rings (SSSR count). The van der Waals surface area contributed by atoms with Gasteiger partial charge in [0, 0.05) is 6.04 Å². The molecule has 0 aliphatic carbocycles. The van der Waals surface area contributed by atoms with Crippen LogP contribution in [-0.4, -0.2) is 6.04 Å². The predicted octanol–water partition coefficient (Wildman–Crippen LogP) is 3.74. The highest BCUT2D eigenvalue weighted by atomic mass is 14.6. The standard InChI is InChI=1S/C13H27N/c1-7-10(2)8-12(14)9-11(3)13(4,5)6/h11-12H,2,7-9,14H2,1,3-6H3. The van der Waals surface area contributed by atoms with E-state index in [1.165, 1.54) is 5.57 Å². The summed E-state index contributed by atoms with van der Waals surface area (Å²) in [5.41, 5.74) is 7.73. The molecule has 1 nitrogen and oxygen atoms in total. The van der Waals surface area contributed by atoms with Crippen LogP contribution in [0.25, 0.3) is 0 Å². The van der Waals surface area contributed by atoms with Crippen LogP contribution < -0.4 is 5.73 Å². The molecule has 0 aliphatic heterocycles. The fourth-order valence-electron chi connectivity index (χ4n) is 1.41. The van der Waals surface area contributed by atoms with E-state index in [0.29, 0.717) is 11.3 Å². The van der Waals surface area contributed by atoms with E-state index in [0.717, 1.165) is 19.3 Å². The van der Waals surface area contributed by atoms with Crippen molar-refractivity contribution in [2.45, 2.75) is 59.9 Å². The van der Waals surface area contributed by atoms with Gasteiger partial charge in [0.1, 0.15) is 0 Å². The van der Waals surface area contributed by atoms with E-state index < -0.39 is 0 Å². The van der Waals surface area contributed by atoms with Crippen LogP contribution in [0.15, 0.2) is 12.2 Å². The van der Waals surface area contributed by atoms with E-state index in [-0.39, 0.29) is 6.04 Å². The van der Waals surface area contributed by atoms with Crippen molar-refractivity contribution in [2.75, 3.05) is 0 Å². The van der Waals surface area contributed by atoms with Crippen LogP contribution in [-0.2, 0) is 0 Å². The van der Waals surface area contributed by atoms with Gasteiger partial charge < -0.3 is 5.73 Å². The largest absolute Gasteiger partial charge is 0.327 e. The van der Waals surface area contributed by atoms with Gasteiger partial charge in [-0.2, -0.15) is 0 Å². The third-order valence-corrected chi connectivity index (χ3v) is 3.19. The van der Waals surface area contributed by atoms with Gasteiger partial charge in [0.2, 0.25) is 0 Å². The molecule has 0 bridgehead atoms. The molecule has 84 valence electrons. The van der Waals surface area contributed by atoms with Gasteiger partial charge in [-0.05, 0) is 30.6 Å². The maximum atomic E-state index is 6.09. The number of hydrogen-bond acceptors (Lipinski definition) is 1. The molecule has 2 atom stereocenters. The Kier molecular flexibility index (Phi) is 5.43. The highest BCUT2D eigenvalue weighted by Gasteiger charge is 2.22. The Hall–Kier alpha value is -0.300. The molecule has 0 radical (unpaired) electrons. The van der Waals surface area contributed by atoms with Gasteiger partial charge in [0.25, 0.3) is 0 Å². The normalized spacial score (nSPS) is 16.4. The van der Waals surface area contributed by atoms with Crippen molar-refractivity contribution in [3.05, 3.63) is 12.2 Å². The maximum Gasteiger partial charge on any atom is 0.00787 e. The molecule has 0 saturated carbocycles. The molecule has 14 heavy (non-hydrogen) atoms. The summed E-state index contributed by atoms with van der Waals surface area (Å²) in [6.07, 6.45) is 3.14. The Labute approximate surface area is 89.8 Å². The molecule has 0 aromatic rings. The van der Waals surface area contributed by atoms with Crippen molar-refractivity contribution in [1.29, 1.82) is 0 Å². The fourth-order valence-corrected chi connectivity index (χ4v) is 1.41. The molecule has 0 fully saturated rings. The van der Waals surface area contributed by atoms with Crippen molar-refractivity contribution in [3.8, 4) is 0 Å². The van der Waals surface area contributed by atoms with Crippen LogP contribution in [0.5, 0.6) is 0 Å². The molecular formula is C13H27N. The maximum absolute atomic E-state index is 6.09. The molecular weight excluding hydrogens is 170 g/mol. The van der Waals surface area contributed by atoms with Crippen molar-refractivity contribution >= 4 is 0 Å². The van der Waals surface area contributed by atoms with E-state index >= 15 is 0 Å². The lowest BCUT2D eigenvalue weighted by molar-refractivity contribution is 0.232. The lowest BCUT2D eigenvalue weighted by atomic mass is 9.78. The summed E-state index contributed by atoms with van der Waals surface area (Å²) in [6, 6.07) is 0.289. The Balaban J connectivity index is 3.94. The lowest BCUT2D eigenvalue weighted by Crippen LogP contribution is -2.28. The van der Waals surface area contributed by atoms with E-state index in [1.54, 1.807) is 0 Å². The number of hydrogen-bond donors (Lipinski definition) is 1. The molecule has 0 aliphatic rings. The Morgan fingerprint density at radius 1 is 1.36 bits per heavy atom. The summed E-state index contributed by atoms with van der Waals surface area (Å²) in [4.78, 5) is 0. The molecule has 0 amide bonds. The van der Waals surface area contributed by atoms with Crippen LogP contribution >= 0.6 is 0 Å². The van der Waals surface area contributed by atoms with E-state index in [9.17, 15) is 0 Å². The average molecular weight is 197 g/mol. The molecule has 0 heterocycles. The van der Waals surface area contributed by atoms with Crippen LogP contribution in [0.3, 0.4) is 0 Å². The quantitative estimate of drug-likeness (QED) is 0.668. The second kappa shape index (κ2) is 5.55. The highest BCUT2D eigenvalue weighted by molar-refractivity contribution is 4.96. The van der Waals surface area contributed by atoms with Crippen molar-refractivity contribution in [1.82, 2.24) is 0 Å². The van der Waals surface area contributed by atoms with Gasteiger partial charge >= 0.3 is 0 Å². The molecule has 1 heteroatoms. The summed E-state index contributed by atoms with van der Waals surface area (Å²) < 4.78 is 0. The van der Waals surface area contributed by atoms with E-state index in [1.807, 2.05) is 0 Å². The van der Waals surface area contributed by atoms with Crippen molar-refractivity contribution < 1.29 is 0 Å². The summed E-state index contributed by atoms with van der Waals surface area (Å²) >= 11 is 0. The third kappa shape index (κ3) is 5.43. The van der Waals surface area contributed by atoms with Gasteiger partial charge in [-0.1, -0.05) is 46.8 Å². The summed E-state index contributed by atoms with van der Waals surface area (Å²) in [6.45, 7) is 15.3. The molecule has 0 aromatic heterocycles. The van der Waals surface area contributed by atoms with Crippen molar-refractivity contribution in [3.63, 3.8) is 0 Å². The summed E-state index contributed by atoms with van der Waals surface area (Å²) in [7, 11) is 0. The zero-order valence-corrected chi connectivity index (χ0v) is 10.6. The Morgan fingerprint density at radius 2 is 1.86 bits per heavy atom. The molecule has 2 unspecified atom stereocenters. The van der Waals surface area contributed by atoms with Gasteiger partial charge in [0.15, 0.2) is 0 Å². The highest BCUT2D eigenvalue weighted by Crippen LogP contribution is 2.29. The van der Waals surface area contributed by atoms with Gasteiger partial charge in [-0.3, -0.25) is 0 Å². The second-order valence-electron chi connectivity index (χ2n) is 5.57. The van der Waals surface area contributed by atoms with Crippen LogP contribution in [0.2, 0.25) is 0 Å². The average Bonchev–Trinajstić information content (AvgIpc) is 2.02. The molecule has 0 spiro atoms. The minimum atomic E-state index is 0.289. The third-order valence-electron chi connectivity index (χ3n) is 3.19. The Morgan fingerprint density at radius 3 is 2.21 bits per heavy atom. The molecule has 0 saturated heterocycles. The Bertz CT molecular complexity index is 176. The monoisotopic (exact) mass is 197 g/mol. The topological polar surface area (TPSA) is 26.0 Å². The molecule has 2 N–H and O–H groups in total. The first-order valence-electron chi connectivity index (χ1n) is 5.69. The summed E-state index contributed by atoms with van der Waals surface area (Å²) in [5.74, 6) is 0.669. The predicted molar refractivity (Wildman–Crippen MR) is 65.3 cm³/mol. The van der Waals surface area contributed by atoms with Gasteiger partial charge in [0.05, 0.1) is 0 Å². The smallest absolute Gasteiger partial charge is 0.00787 e. The molecule has 0 aromatic carbocycles. The SMILES string of the molecule is C=C(CC)CC(N)CC(C)C(C)(C)C. The van der Waals surface area contributed by atoms with Gasteiger partial charge in [-0.15, -0.1) is 0 Å². The number of rotatable bonds is 5. The van der Waals surface area contributed by atoms with Crippen LogP contribution in [0, 0.1) is 11.3 Å². The first kappa shape index (κ1) is 13.7. The van der Waals surface area contributed by atoms with Crippen LogP contribution in [0.4, 0.5) is 0 Å².